The topological polar surface area (TPSA) is 38.9 Å². The molecule has 0 amide bonds. The van der Waals surface area contributed by atoms with Gasteiger partial charge in [-0.1, -0.05) is 178 Å². The van der Waals surface area contributed by atoms with Gasteiger partial charge in [-0.25, -0.2) is 9.97 Å². The Balaban J connectivity index is 1.01. The third-order valence-electron chi connectivity index (χ3n) is 12.9. The van der Waals surface area contributed by atoms with Crippen LogP contribution in [0.25, 0.3) is 111 Å². The molecule has 0 saturated carbocycles. The predicted molar refractivity (Wildman–Crippen MR) is 257 cm³/mol. The molecule has 3 nitrogen and oxygen atoms in total. The van der Waals surface area contributed by atoms with Crippen LogP contribution in [0.15, 0.2) is 211 Å². The number of nitrogens with zero attached hydrogens (tertiary/aromatic N) is 2. The minimum atomic E-state index is -0.0218. The SMILES string of the molecule is CC1(C)c2ccccc2-c2cc(-c3ccc(-c4cc(-c5cc(-c6ccc7ccccc7c6)cc(-c6cccc7c6oc6ccccc67)c5)nc(-c5ccccc5)n4)cc3)ccc21. The van der Waals surface area contributed by atoms with Gasteiger partial charge in [0.25, 0.3) is 0 Å². The molecule has 0 saturated heterocycles. The molecule has 0 N–H and O–H groups in total. The monoisotopic (exact) mass is 792 g/mol. The van der Waals surface area contributed by atoms with Gasteiger partial charge in [-0.05, 0) is 103 Å². The quantitative estimate of drug-likeness (QED) is 0.168. The fraction of sp³-hybridized carbons (Fsp3) is 0.0508. The Morgan fingerprint density at radius 3 is 1.84 bits per heavy atom. The van der Waals surface area contributed by atoms with Gasteiger partial charge in [0, 0.05) is 38.4 Å². The van der Waals surface area contributed by atoms with Crippen LogP contribution in [-0.2, 0) is 5.41 Å². The van der Waals surface area contributed by atoms with Crippen molar-refractivity contribution in [2.75, 3.05) is 0 Å². The summed E-state index contributed by atoms with van der Waals surface area (Å²) in [6, 6.07) is 73.8. The summed E-state index contributed by atoms with van der Waals surface area (Å²) in [5, 5.41) is 4.62. The molecule has 1 aliphatic carbocycles. The van der Waals surface area contributed by atoms with Gasteiger partial charge < -0.3 is 4.42 Å². The van der Waals surface area contributed by atoms with E-state index in [1.54, 1.807) is 0 Å². The van der Waals surface area contributed by atoms with Crippen LogP contribution in [0.4, 0.5) is 0 Å². The van der Waals surface area contributed by atoms with Crippen LogP contribution < -0.4 is 0 Å². The minimum absolute atomic E-state index is 0.0218. The molecule has 62 heavy (non-hydrogen) atoms. The molecule has 11 aromatic rings. The predicted octanol–water partition coefficient (Wildman–Crippen LogP) is 15.8. The Labute approximate surface area is 360 Å². The molecule has 9 aromatic carbocycles. The van der Waals surface area contributed by atoms with E-state index >= 15 is 0 Å². The molecule has 0 bridgehead atoms. The molecule has 12 rings (SSSR count). The zero-order chi connectivity index (χ0) is 41.4. The number of para-hydroxylation sites is 2. The third-order valence-corrected chi connectivity index (χ3v) is 12.9. The highest BCUT2D eigenvalue weighted by atomic mass is 16.3. The fourth-order valence-corrected chi connectivity index (χ4v) is 9.63. The van der Waals surface area contributed by atoms with Crippen LogP contribution in [0.1, 0.15) is 25.0 Å². The number of benzene rings is 9. The van der Waals surface area contributed by atoms with Crippen molar-refractivity contribution in [2.24, 2.45) is 0 Å². The van der Waals surface area contributed by atoms with Gasteiger partial charge in [0.05, 0.1) is 11.4 Å². The van der Waals surface area contributed by atoms with Crippen molar-refractivity contribution in [3.05, 3.63) is 217 Å². The van der Waals surface area contributed by atoms with Crippen LogP contribution >= 0.6 is 0 Å². The second kappa shape index (κ2) is 14.1. The fourth-order valence-electron chi connectivity index (χ4n) is 9.63. The van der Waals surface area contributed by atoms with Crippen LogP contribution in [0.5, 0.6) is 0 Å². The standard InChI is InChI=1S/C59H40N2O/c1-59(2)52-21-10-8-17-48(52)51-35-43(29-30-53(51)59)38-23-26-39(27-24-38)54-36-55(61-58(60-54)40-14-4-3-5-15-40)46-33-44(42-28-25-37-13-6-7-16-41(37)31-42)32-45(34-46)47-19-12-20-50-49-18-9-11-22-56(49)62-57(47)50/h3-36H,1-2H3. The van der Waals surface area contributed by atoms with Gasteiger partial charge in [-0.15, -0.1) is 0 Å². The average molecular weight is 793 g/mol. The number of furan rings is 1. The number of hydrogen-bond acceptors (Lipinski definition) is 3. The van der Waals surface area contributed by atoms with Crippen LogP contribution in [0.3, 0.4) is 0 Å². The van der Waals surface area contributed by atoms with E-state index in [1.165, 1.54) is 44.2 Å². The van der Waals surface area contributed by atoms with E-state index in [0.717, 1.165) is 72.3 Å². The summed E-state index contributed by atoms with van der Waals surface area (Å²) in [5.74, 6) is 0.680. The molecule has 1 aliphatic rings. The second-order valence-electron chi connectivity index (χ2n) is 17.0. The first kappa shape index (κ1) is 36.0. The Kier molecular flexibility index (Phi) is 8.20. The zero-order valence-electron chi connectivity index (χ0n) is 34.4. The van der Waals surface area contributed by atoms with Crippen molar-refractivity contribution in [1.29, 1.82) is 0 Å². The van der Waals surface area contributed by atoms with E-state index in [1.807, 2.05) is 30.3 Å². The van der Waals surface area contributed by atoms with Crippen LogP contribution in [-0.4, -0.2) is 9.97 Å². The Morgan fingerprint density at radius 1 is 0.355 bits per heavy atom. The van der Waals surface area contributed by atoms with Gasteiger partial charge >= 0.3 is 0 Å². The van der Waals surface area contributed by atoms with Crippen molar-refractivity contribution in [1.82, 2.24) is 9.97 Å². The van der Waals surface area contributed by atoms with E-state index in [2.05, 4.69) is 190 Å². The van der Waals surface area contributed by atoms with E-state index < -0.39 is 0 Å². The first-order valence-corrected chi connectivity index (χ1v) is 21.3. The first-order valence-electron chi connectivity index (χ1n) is 21.3. The Hall–Kier alpha value is -7.88. The summed E-state index contributed by atoms with van der Waals surface area (Å²) in [6.45, 7) is 4.65. The Morgan fingerprint density at radius 2 is 0.968 bits per heavy atom. The summed E-state index contributed by atoms with van der Waals surface area (Å²) in [7, 11) is 0. The maximum atomic E-state index is 6.60. The largest absolute Gasteiger partial charge is 0.455 e. The smallest absolute Gasteiger partial charge is 0.160 e. The lowest BCUT2D eigenvalue weighted by Crippen LogP contribution is -2.14. The number of fused-ring (bicyclic) bond motifs is 7. The molecular formula is C59H40N2O. The third kappa shape index (κ3) is 5.96. The molecule has 0 aliphatic heterocycles. The van der Waals surface area contributed by atoms with Crippen molar-refractivity contribution in [2.45, 2.75) is 19.3 Å². The summed E-state index contributed by atoms with van der Waals surface area (Å²) < 4.78 is 6.60. The van der Waals surface area contributed by atoms with Gasteiger partial charge in [0.2, 0.25) is 0 Å². The lowest BCUT2D eigenvalue weighted by molar-refractivity contribution is 0.660. The van der Waals surface area contributed by atoms with Crippen molar-refractivity contribution >= 4 is 32.7 Å². The summed E-state index contributed by atoms with van der Waals surface area (Å²) in [4.78, 5) is 10.5. The maximum Gasteiger partial charge on any atom is 0.160 e. The average Bonchev–Trinajstić information content (AvgIpc) is 3.83. The summed E-state index contributed by atoms with van der Waals surface area (Å²) >= 11 is 0. The second-order valence-corrected chi connectivity index (χ2v) is 17.0. The van der Waals surface area contributed by atoms with Crippen LogP contribution in [0, 0.1) is 0 Å². The number of hydrogen-bond donors (Lipinski definition) is 0. The van der Waals surface area contributed by atoms with Crippen LogP contribution in [0.2, 0.25) is 0 Å². The normalized spacial score (nSPS) is 12.8. The molecule has 0 radical (unpaired) electrons. The summed E-state index contributed by atoms with van der Waals surface area (Å²) in [5.41, 5.74) is 18.5. The van der Waals surface area contributed by atoms with Crippen molar-refractivity contribution < 1.29 is 4.42 Å². The lowest BCUT2D eigenvalue weighted by atomic mass is 9.82. The zero-order valence-corrected chi connectivity index (χ0v) is 34.4. The number of aromatic nitrogens is 2. The molecule has 3 heteroatoms. The highest BCUT2D eigenvalue weighted by Crippen LogP contribution is 2.49. The molecule has 0 unspecified atom stereocenters. The molecule has 0 fully saturated rings. The van der Waals surface area contributed by atoms with E-state index in [-0.39, 0.29) is 5.41 Å². The molecule has 292 valence electrons. The van der Waals surface area contributed by atoms with Gasteiger partial charge in [0.15, 0.2) is 5.82 Å². The highest BCUT2D eigenvalue weighted by molar-refractivity contribution is 6.10. The van der Waals surface area contributed by atoms with E-state index in [4.69, 9.17) is 14.4 Å². The summed E-state index contributed by atoms with van der Waals surface area (Å²) in [6.07, 6.45) is 0. The van der Waals surface area contributed by atoms with Crippen molar-refractivity contribution in [3.63, 3.8) is 0 Å². The van der Waals surface area contributed by atoms with E-state index in [0.29, 0.717) is 5.82 Å². The molecular weight excluding hydrogens is 753 g/mol. The molecule has 0 atom stereocenters. The lowest BCUT2D eigenvalue weighted by Gasteiger charge is -2.21. The highest BCUT2D eigenvalue weighted by Gasteiger charge is 2.35. The maximum absolute atomic E-state index is 6.60. The number of rotatable bonds is 6. The van der Waals surface area contributed by atoms with Gasteiger partial charge in [-0.3, -0.25) is 0 Å². The van der Waals surface area contributed by atoms with E-state index in [9.17, 15) is 0 Å². The molecule has 0 spiro atoms. The molecule has 2 heterocycles. The van der Waals surface area contributed by atoms with Gasteiger partial charge in [-0.2, -0.15) is 0 Å². The molecule has 2 aromatic heterocycles. The van der Waals surface area contributed by atoms with Gasteiger partial charge in [0.1, 0.15) is 11.2 Å². The van der Waals surface area contributed by atoms with Crippen molar-refractivity contribution in [3.8, 4) is 78.4 Å². The first-order chi connectivity index (χ1) is 30.4. The Bertz CT molecular complexity index is 3540. The minimum Gasteiger partial charge on any atom is -0.455 e.